The lowest BCUT2D eigenvalue weighted by Crippen LogP contribution is -2.56. The first-order chi connectivity index (χ1) is 11.3. The highest BCUT2D eigenvalue weighted by Crippen LogP contribution is 2.39. The molecule has 0 spiro atoms. The molecule has 0 heterocycles. The standard InChI is InChI=1S/C15H24ClNO6S/c1-4-8(5-2)23-12-11(14(16)18)10(17(20)21)7-9(13(12)24)15(19)22-6-3/h8-13,24H,4-7H2,1-3H3/t9-,10+,11-,12+,13-/m1/s1. The highest BCUT2D eigenvalue weighted by Gasteiger charge is 2.55. The molecule has 1 aliphatic carbocycles. The van der Waals surface area contributed by atoms with Crippen molar-refractivity contribution in [3.8, 4) is 0 Å². The van der Waals surface area contributed by atoms with Crippen LogP contribution in [0.2, 0.25) is 0 Å². The summed E-state index contributed by atoms with van der Waals surface area (Å²) < 4.78 is 10.9. The van der Waals surface area contributed by atoms with Crippen molar-refractivity contribution in [2.75, 3.05) is 6.61 Å². The molecule has 1 saturated carbocycles. The van der Waals surface area contributed by atoms with Gasteiger partial charge in [0.25, 0.3) is 0 Å². The van der Waals surface area contributed by atoms with Gasteiger partial charge in [-0.25, -0.2) is 0 Å². The van der Waals surface area contributed by atoms with Crippen LogP contribution >= 0.6 is 24.2 Å². The second-order valence-corrected chi connectivity index (χ2v) is 6.78. The van der Waals surface area contributed by atoms with Crippen LogP contribution in [0.25, 0.3) is 0 Å². The van der Waals surface area contributed by atoms with Crippen LogP contribution in [0.1, 0.15) is 40.0 Å². The monoisotopic (exact) mass is 381 g/mol. The minimum Gasteiger partial charge on any atom is -0.466 e. The van der Waals surface area contributed by atoms with Gasteiger partial charge in [-0.3, -0.25) is 19.7 Å². The molecule has 1 fully saturated rings. The zero-order valence-electron chi connectivity index (χ0n) is 14.0. The van der Waals surface area contributed by atoms with Crippen molar-refractivity contribution < 1.29 is 24.0 Å². The van der Waals surface area contributed by atoms with Crippen LogP contribution in [0.4, 0.5) is 0 Å². The van der Waals surface area contributed by atoms with E-state index in [2.05, 4.69) is 12.6 Å². The Balaban J connectivity index is 3.19. The van der Waals surface area contributed by atoms with E-state index >= 15 is 0 Å². The molecule has 1 aliphatic rings. The van der Waals surface area contributed by atoms with Crippen molar-refractivity contribution in [1.82, 2.24) is 0 Å². The van der Waals surface area contributed by atoms with Gasteiger partial charge in [0, 0.05) is 16.6 Å². The van der Waals surface area contributed by atoms with E-state index in [9.17, 15) is 19.7 Å². The van der Waals surface area contributed by atoms with E-state index in [4.69, 9.17) is 21.1 Å². The SMILES string of the molecule is CCOC(=O)[C@@H]1C[C@H]([N+](=O)[O-])[C@@H](C(=O)Cl)[C@H](OC(CC)CC)[C@@H]1S. The summed E-state index contributed by atoms with van der Waals surface area (Å²) in [5.41, 5.74) is 0. The highest BCUT2D eigenvalue weighted by molar-refractivity contribution is 7.81. The third kappa shape index (κ3) is 4.83. The molecule has 0 aromatic heterocycles. The molecule has 0 amide bonds. The maximum atomic E-state index is 12.2. The van der Waals surface area contributed by atoms with Crippen molar-refractivity contribution in [3.63, 3.8) is 0 Å². The van der Waals surface area contributed by atoms with Crippen molar-refractivity contribution in [1.29, 1.82) is 0 Å². The number of halogens is 1. The predicted molar refractivity (Wildman–Crippen MR) is 91.9 cm³/mol. The molecule has 7 nitrogen and oxygen atoms in total. The van der Waals surface area contributed by atoms with E-state index < -0.39 is 45.4 Å². The second-order valence-electron chi connectivity index (χ2n) is 5.81. The molecule has 5 atom stereocenters. The van der Waals surface area contributed by atoms with E-state index in [0.717, 1.165) is 0 Å². The quantitative estimate of drug-likeness (QED) is 0.228. The molecule has 0 N–H and O–H groups in total. The Kier molecular flexibility index (Phi) is 8.45. The van der Waals surface area contributed by atoms with Gasteiger partial charge in [0.15, 0.2) is 0 Å². The lowest BCUT2D eigenvalue weighted by molar-refractivity contribution is -0.536. The fourth-order valence-corrected chi connectivity index (χ4v) is 3.83. The molecule has 0 aromatic rings. The first-order valence-electron chi connectivity index (χ1n) is 8.11. The number of hydrogen-bond donors (Lipinski definition) is 1. The zero-order valence-corrected chi connectivity index (χ0v) is 15.7. The fraction of sp³-hybridized carbons (Fsp3) is 0.867. The maximum absolute atomic E-state index is 12.2. The number of ether oxygens (including phenoxy) is 2. The second kappa shape index (κ2) is 9.58. The minimum absolute atomic E-state index is 0.147. The molecule has 0 radical (unpaired) electrons. The summed E-state index contributed by atoms with van der Waals surface area (Å²) in [6.45, 7) is 5.64. The molecule has 0 aliphatic heterocycles. The van der Waals surface area contributed by atoms with Crippen LogP contribution in [0.5, 0.6) is 0 Å². The Bertz CT molecular complexity index is 473. The van der Waals surface area contributed by atoms with Gasteiger partial charge in [0.2, 0.25) is 11.3 Å². The normalized spacial score (nSPS) is 30.2. The predicted octanol–water partition coefficient (Wildman–Crippen LogP) is 2.47. The van der Waals surface area contributed by atoms with Gasteiger partial charge in [-0.2, -0.15) is 12.6 Å². The molecular formula is C15H24ClNO6S. The number of carbonyl (C=O) groups excluding carboxylic acids is 2. The van der Waals surface area contributed by atoms with Gasteiger partial charge in [-0.05, 0) is 31.4 Å². The minimum atomic E-state index is -1.30. The third-order valence-corrected chi connectivity index (χ3v) is 5.30. The highest BCUT2D eigenvalue weighted by atomic mass is 35.5. The number of nitrogens with zero attached hydrogens (tertiary/aromatic N) is 1. The number of rotatable bonds is 8. The van der Waals surface area contributed by atoms with Gasteiger partial charge in [0.1, 0.15) is 5.92 Å². The number of thiol groups is 1. The van der Waals surface area contributed by atoms with Gasteiger partial charge in [-0.1, -0.05) is 13.8 Å². The van der Waals surface area contributed by atoms with Gasteiger partial charge >= 0.3 is 5.97 Å². The van der Waals surface area contributed by atoms with Crippen LogP contribution in [0, 0.1) is 22.0 Å². The molecule has 9 heteroatoms. The first-order valence-corrected chi connectivity index (χ1v) is 9.00. The average Bonchev–Trinajstić information content (AvgIpc) is 2.52. The molecule has 0 aromatic carbocycles. The summed E-state index contributed by atoms with van der Waals surface area (Å²) in [5, 5.41) is 9.90. The number of carbonyl (C=O) groups is 2. The number of hydrogen-bond acceptors (Lipinski definition) is 7. The summed E-state index contributed by atoms with van der Waals surface area (Å²) in [6, 6.07) is -1.30. The van der Waals surface area contributed by atoms with Gasteiger partial charge < -0.3 is 9.47 Å². The van der Waals surface area contributed by atoms with Gasteiger partial charge in [0.05, 0.1) is 24.7 Å². The lowest BCUT2D eigenvalue weighted by Gasteiger charge is -2.40. The van der Waals surface area contributed by atoms with E-state index in [1.165, 1.54) is 0 Å². The Morgan fingerprint density at radius 2 is 1.92 bits per heavy atom. The van der Waals surface area contributed by atoms with E-state index in [1.807, 2.05) is 13.8 Å². The van der Waals surface area contributed by atoms with Crippen molar-refractivity contribution in [3.05, 3.63) is 10.1 Å². The third-order valence-electron chi connectivity index (χ3n) is 4.40. The largest absolute Gasteiger partial charge is 0.466 e. The summed E-state index contributed by atoms with van der Waals surface area (Å²) in [7, 11) is 0. The molecule has 0 saturated heterocycles. The topological polar surface area (TPSA) is 95.7 Å². The van der Waals surface area contributed by atoms with Crippen LogP contribution in [0.15, 0.2) is 0 Å². The first kappa shape index (κ1) is 21.2. The Hall–Kier alpha value is -0.860. The molecular weight excluding hydrogens is 358 g/mol. The van der Waals surface area contributed by atoms with Crippen LogP contribution in [-0.4, -0.2) is 46.2 Å². The zero-order chi connectivity index (χ0) is 18.4. The Labute approximate surface area is 152 Å². The maximum Gasteiger partial charge on any atom is 0.310 e. The smallest absolute Gasteiger partial charge is 0.310 e. The molecule has 0 bridgehead atoms. The number of esters is 1. The van der Waals surface area contributed by atoms with E-state index in [0.29, 0.717) is 12.8 Å². The summed E-state index contributed by atoms with van der Waals surface area (Å²) >= 11 is 10.1. The van der Waals surface area contributed by atoms with Crippen molar-refractivity contribution in [2.45, 2.75) is 63.5 Å². The van der Waals surface area contributed by atoms with Crippen LogP contribution in [0.3, 0.4) is 0 Å². The molecule has 138 valence electrons. The molecule has 1 rings (SSSR count). The van der Waals surface area contributed by atoms with Crippen LogP contribution < -0.4 is 0 Å². The molecule has 0 unspecified atom stereocenters. The lowest BCUT2D eigenvalue weighted by atomic mass is 9.76. The Morgan fingerprint density at radius 3 is 2.33 bits per heavy atom. The summed E-state index contributed by atoms with van der Waals surface area (Å²) in [4.78, 5) is 34.9. The van der Waals surface area contributed by atoms with E-state index in [1.54, 1.807) is 6.92 Å². The average molecular weight is 382 g/mol. The fourth-order valence-electron chi connectivity index (χ4n) is 3.06. The molecule has 24 heavy (non-hydrogen) atoms. The summed E-state index contributed by atoms with van der Waals surface area (Å²) in [6.07, 6.45) is 0.0815. The van der Waals surface area contributed by atoms with E-state index in [-0.39, 0.29) is 19.1 Å². The van der Waals surface area contributed by atoms with Gasteiger partial charge in [-0.15, -0.1) is 0 Å². The van der Waals surface area contributed by atoms with Crippen molar-refractivity contribution >= 4 is 35.4 Å². The van der Waals surface area contributed by atoms with Crippen LogP contribution in [-0.2, 0) is 19.1 Å². The van der Waals surface area contributed by atoms with Crippen molar-refractivity contribution in [2.24, 2.45) is 11.8 Å². The number of nitro groups is 1. The summed E-state index contributed by atoms with van der Waals surface area (Å²) in [5.74, 6) is -2.53. The Morgan fingerprint density at radius 1 is 1.33 bits per heavy atom.